The Bertz CT molecular complexity index is 452. The Kier molecular flexibility index (Phi) is 2.89. The highest BCUT2D eigenvalue weighted by atomic mass is 16.4. The monoisotopic (exact) mass is 239 g/mol. The quantitative estimate of drug-likeness (QED) is 0.771. The van der Waals surface area contributed by atoms with Crippen molar-refractivity contribution in [1.82, 2.24) is 4.90 Å². The van der Waals surface area contributed by atoms with Crippen molar-refractivity contribution in [3.63, 3.8) is 0 Å². The number of likely N-dealkylation sites (tertiary alicyclic amines) is 1. The number of carboxylic acid groups (broad SMARTS) is 1. The minimum Gasteiger partial charge on any atom is -0.480 e. The fourth-order valence-corrected chi connectivity index (χ4v) is 1.96. The van der Waals surface area contributed by atoms with Gasteiger partial charge < -0.3 is 19.5 Å². The van der Waals surface area contributed by atoms with Gasteiger partial charge in [-0.3, -0.25) is 4.79 Å². The topological polar surface area (TPSA) is 91.0 Å². The Balaban J connectivity index is 2.21. The van der Waals surface area contributed by atoms with Crippen LogP contribution in [-0.4, -0.2) is 45.7 Å². The maximum absolute atomic E-state index is 12.0. The molecule has 6 nitrogen and oxygen atoms in total. The number of hydrogen-bond donors (Lipinski definition) is 2. The van der Waals surface area contributed by atoms with E-state index in [2.05, 4.69) is 0 Å². The van der Waals surface area contributed by atoms with Crippen molar-refractivity contribution in [3.05, 3.63) is 23.7 Å². The number of aliphatic carboxylic acids is 1. The lowest BCUT2D eigenvalue weighted by molar-refractivity contribution is -0.141. The van der Waals surface area contributed by atoms with Gasteiger partial charge in [0.2, 0.25) is 0 Å². The van der Waals surface area contributed by atoms with E-state index in [9.17, 15) is 14.7 Å². The number of aliphatic hydroxyl groups is 1. The van der Waals surface area contributed by atoms with Crippen molar-refractivity contribution in [2.75, 3.05) is 6.54 Å². The fourth-order valence-electron chi connectivity index (χ4n) is 1.96. The minimum absolute atomic E-state index is 0.0234. The van der Waals surface area contributed by atoms with Gasteiger partial charge in [-0.25, -0.2) is 4.79 Å². The van der Waals surface area contributed by atoms with Crippen LogP contribution in [0.3, 0.4) is 0 Å². The number of carboxylic acids is 1. The van der Waals surface area contributed by atoms with Gasteiger partial charge in [0.05, 0.1) is 6.10 Å². The Morgan fingerprint density at radius 1 is 1.47 bits per heavy atom. The molecule has 2 rings (SSSR count). The van der Waals surface area contributed by atoms with Crippen molar-refractivity contribution >= 4 is 11.9 Å². The second-order valence-corrected chi connectivity index (χ2v) is 4.11. The third-order valence-electron chi connectivity index (χ3n) is 2.78. The molecule has 0 spiro atoms. The Morgan fingerprint density at radius 3 is 2.71 bits per heavy atom. The number of rotatable bonds is 2. The average molecular weight is 239 g/mol. The standard InChI is InChI=1S/C11H13NO5/c1-6-2-3-9(17-6)10(14)12-5-7(13)4-8(12)11(15)16/h2-3,7-8,13H,4-5H2,1H3,(H,15,16)/t7-,8-/m1/s1. The van der Waals surface area contributed by atoms with E-state index in [4.69, 9.17) is 9.52 Å². The van der Waals surface area contributed by atoms with Crippen molar-refractivity contribution in [3.8, 4) is 0 Å². The lowest BCUT2D eigenvalue weighted by Gasteiger charge is -2.19. The summed E-state index contributed by atoms with van der Waals surface area (Å²) < 4.78 is 5.16. The maximum atomic E-state index is 12.0. The van der Waals surface area contributed by atoms with E-state index >= 15 is 0 Å². The maximum Gasteiger partial charge on any atom is 0.326 e. The second kappa shape index (κ2) is 4.21. The molecule has 1 aromatic heterocycles. The first-order valence-electron chi connectivity index (χ1n) is 5.27. The molecule has 2 heterocycles. The van der Waals surface area contributed by atoms with Gasteiger partial charge in [-0.2, -0.15) is 0 Å². The molecule has 0 unspecified atom stereocenters. The van der Waals surface area contributed by atoms with E-state index in [-0.39, 0.29) is 18.7 Å². The molecule has 1 fully saturated rings. The highest BCUT2D eigenvalue weighted by Crippen LogP contribution is 2.21. The highest BCUT2D eigenvalue weighted by molar-refractivity contribution is 5.94. The molecule has 92 valence electrons. The smallest absolute Gasteiger partial charge is 0.326 e. The van der Waals surface area contributed by atoms with Gasteiger partial charge in [0.15, 0.2) is 5.76 Å². The number of carbonyl (C=O) groups excluding carboxylic acids is 1. The van der Waals surface area contributed by atoms with E-state index in [1.165, 1.54) is 6.07 Å². The Labute approximate surface area is 97.4 Å². The third-order valence-corrected chi connectivity index (χ3v) is 2.78. The zero-order valence-electron chi connectivity index (χ0n) is 9.29. The predicted molar refractivity (Wildman–Crippen MR) is 56.5 cm³/mol. The molecule has 1 saturated heterocycles. The molecular formula is C11H13NO5. The predicted octanol–water partition coefficient (Wildman–Crippen LogP) is 0.248. The SMILES string of the molecule is Cc1ccc(C(=O)N2C[C@H](O)C[C@@H]2C(=O)O)o1. The van der Waals surface area contributed by atoms with Crippen LogP contribution in [0.5, 0.6) is 0 Å². The molecule has 1 aliphatic rings. The van der Waals surface area contributed by atoms with E-state index in [1.807, 2.05) is 0 Å². The Morgan fingerprint density at radius 2 is 2.18 bits per heavy atom. The number of amides is 1. The molecule has 17 heavy (non-hydrogen) atoms. The van der Waals surface area contributed by atoms with Crippen molar-refractivity contribution in [2.24, 2.45) is 0 Å². The second-order valence-electron chi connectivity index (χ2n) is 4.11. The molecule has 0 radical (unpaired) electrons. The van der Waals surface area contributed by atoms with Gasteiger partial charge in [0.1, 0.15) is 11.8 Å². The fraction of sp³-hybridized carbons (Fsp3) is 0.455. The molecule has 2 N–H and O–H groups in total. The summed E-state index contributed by atoms with van der Waals surface area (Å²) >= 11 is 0. The van der Waals surface area contributed by atoms with Gasteiger partial charge in [0.25, 0.3) is 5.91 Å². The summed E-state index contributed by atoms with van der Waals surface area (Å²) in [5.74, 6) is -0.928. The summed E-state index contributed by atoms with van der Waals surface area (Å²) in [6, 6.07) is 2.15. The molecule has 6 heteroatoms. The Hall–Kier alpha value is -1.82. The molecule has 0 aromatic carbocycles. The zero-order valence-corrected chi connectivity index (χ0v) is 9.29. The summed E-state index contributed by atoms with van der Waals surface area (Å²) in [4.78, 5) is 24.1. The summed E-state index contributed by atoms with van der Waals surface area (Å²) in [5, 5.41) is 18.4. The summed E-state index contributed by atoms with van der Waals surface area (Å²) in [5.41, 5.74) is 0. The molecule has 0 aliphatic carbocycles. The number of carbonyl (C=O) groups is 2. The first-order chi connectivity index (χ1) is 7.99. The third kappa shape index (κ3) is 2.16. The first-order valence-corrected chi connectivity index (χ1v) is 5.27. The number of β-amino-alcohol motifs (C(OH)–C–C–N with tert-alkyl or cyclic N) is 1. The number of hydrogen-bond acceptors (Lipinski definition) is 4. The molecule has 0 bridgehead atoms. The first kappa shape index (κ1) is 11.7. The average Bonchev–Trinajstić information content (AvgIpc) is 2.83. The summed E-state index contributed by atoms with van der Waals surface area (Å²) in [7, 11) is 0. The van der Waals surface area contributed by atoms with Gasteiger partial charge in [-0.15, -0.1) is 0 Å². The molecular weight excluding hydrogens is 226 g/mol. The molecule has 2 atom stereocenters. The van der Waals surface area contributed by atoms with Crippen molar-refractivity contribution in [1.29, 1.82) is 0 Å². The van der Waals surface area contributed by atoms with Crippen LogP contribution in [0.25, 0.3) is 0 Å². The van der Waals surface area contributed by atoms with Crippen LogP contribution in [0.4, 0.5) is 0 Å². The lowest BCUT2D eigenvalue weighted by atomic mass is 10.2. The molecule has 1 aromatic rings. The largest absolute Gasteiger partial charge is 0.480 e. The molecule has 1 aliphatic heterocycles. The van der Waals surface area contributed by atoms with E-state index in [1.54, 1.807) is 13.0 Å². The van der Waals surface area contributed by atoms with Crippen LogP contribution in [-0.2, 0) is 4.79 Å². The van der Waals surface area contributed by atoms with Crippen molar-refractivity contribution in [2.45, 2.75) is 25.5 Å². The van der Waals surface area contributed by atoms with Gasteiger partial charge in [-0.05, 0) is 19.1 Å². The van der Waals surface area contributed by atoms with Gasteiger partial charge in [0, 0.05) is 13.0 Å². The van der Waals surface area contributed by atoms with Crippen LogP contribution < -0.4 is 0 Å². The van der Waals surface area contributed by atoms with Crippen LogP contribution >= 0.6 is 0 Å². The number of aliphatic hydroxyl groups excluding tert-OH is 1. The van der Waals surface area contributed by atoms with E-state index in [0.717, 1.165) is 4.90 Å². The number of furan rings is 1. The van der Waals surface area contributed by atoms with Crippen LogP contribution in [0, 0.1) is 6.92 Å². The highest BCUT2D eigenvalue weighted by Gasteiger charge is 2.40. The van der Waals surface area contributed by atoms with Gasteiger partial charge >= 0.3 is 5.97 Å². The summed E-state index contributed by atoms with van der Waals surface area (Å²) in [6.45, 7) is 1.72. The van der Waals surface area contributed by atoms with E-state index < -0.39 is 24.0 Å². The minimum atomic E-state index is -1.11. The number of nitrogens with zero attached hydrogens (tertiary/aromatic N) is 1. The van der Waals surface area contributed by atoms with Crippen LogP contribution in [0.1, 0.15) is 22.7 Å². The number of aryl methyl sites for hydroxylation is 1. The molecule has 1 amide bonds. The lowest BCUT2D eigenvalue weighted by Crippen LogP contribution is -2.40. The normalized spacial score (nSPS) is 24.0. The zero-order chi connectivity index (χ0) is 12.6. The van der Waals surface area contributed by atoms with E-state index in [0.29, 0.717) is 5.76 Å². The van der Waals surface area contributed by atoms with Crippen LogP contribution in [0.2, 0.25) is 0 Å². The molecule has 0 saturated carbocycles. The van der Waals surface area contributed by atoms with Gasteiger partial charge in [-0.1, -0.05) is 0 Å². The van der Waals surface area contributed by atoms with Crippen molar-refractivity contribution < 1.29 is 24.2 Å². The van der Waals surface area contributed by atoms with Crippen LogP contribution in [0.15, 0.2) is 16.5 Å². The summed E-state index contributed by atoms with van der Waals surface area (Å²) in [6.07, 6.45) is -0.739.